The smallest absolute Gasteiger partial charge is 0.319 e. The second-order valence-corrected chi connectivity index (χ2v) is 13.9. The summed E-state index contributed by atoms with van der Waals surface area (Å²) in [5.41, 5.74) is 2.98. The molecule has 0 radical (unpaired) electrons. The van der Waals surface area contributed by atoms with Crippen LogP contribution in [0.5, 0.6) is 11.8 Å². The Hall–Kier alpha value is -3.79. The number of aromatic hydroxyl groups is 1. The summed E-state index contributed by atoms with van der Waals surface area (Å²) in [4.78, 5) is 28.6. The zero-order chi connectivity index (χ0) is 31.1. The van der Waals surface area contributed by atoms with Crippen molar-refractivity contribution in [1.29, 1.82) is 0 Å². The predicted molar refractivity (Wildman–Crippen MR) is 168 cm³/mol. The second-order valence-electron chi connectivity index (χ2n) is 13.9. The van der Waals surface area contributed by atoms with Crippen molar-refractivity contribution in [2.45, 2.75) is 75.0 Å². The molecular weight excluding hydrogens is 576 g/mol. The number of rotatable bonds is 7. The van der Waals surface area contributed by atoms with Crippen molar-refractivity contribution in [3.63, 3.8) is 0 Å². The Balaban J connectivity index is 1.22. The van der Waals surface area contributed by atoms with Gasteiger partial charge in [0.1, 0.15) is 30.2 Å². The maximum absolute atomic E-state index is 16.2. The molecule has 4 heterocycles. The first-order valence-corrected chi connectivity index (χ1v) is 16.2. The van der Waals surface area contributed by atoms with Crippen molar-refractivity contribution >= 4 is 22.6 Å². The van der Waals surface area contributed by atoms with Gasteiger partial charge in [-0.3, -0.25) is 9.69 Å². The molecule has 236 valence electrons. The van der Waals surface area contributed by atoms with Crippen LogP contribution in [0.1, 0.15) is 62.0 Å². The zero-order valence-electron chi connectivity index (χ0n) is 25.7. The van der Waals surface area contributed by atoms with Crippen LogP contribution in [0.3, 0.4) is 0 Å². The van der Waals surface area contributed by atoms with Crippen molar-refractivity contribution in [3.05, 3.63) is 53.9 Å². The highest BCUT2D eigenvalue weighted by atomic mass is 19.1. The molecule has 1 N–H and O–H groups in total. The van der Waals surface area contributed by atoms with Crippen LogP contribution in [0.4, 0.5) is 14.6 Å². The summed E-state index contributed by atoms with van der Waals surface area (Å²) in [5, 5.41) is 11.1. The third-order valence-corrected chi connectivity index (χ3v) is 10.8. The van der Waals surface area contributed by atoms with Gasteiger partial charge in [0.25, 0.3) is 0 Å². The molecule has 3 saturated heterocycles. The fourth-order valence-electron chi connectivity index (χ4n) is 8.37. The number of amides is 1. The Morgan fingerprint density at radius 3 is 2.71 bits per heavy atom. The lowest BCUT2D eigenvalue weighted by Gasteiger charge is -2.42. The van der Waals surface area contributed by atoms with Gasteiger partial charge in [0, 0.05) is 43.5 Å². The van der Waals surface area contributed by atoms with Crippen molar-refractivity contribution in [3.8, 4) is 22.9 Å². The van der Waals surface area contributed by atoms with E-state index in [2.05, 4.69) is 16.4 Å². The molecule has 2 saturated carbocycles. The lowest BCUT2D eigenvalue weighted by atomic mass is 9.91. The number of aryl methyl sites for hydroxylation is 1. The van der Waals surface area contributed by atoms with Crippen molar-refractivity contribution in [2.24, 2.45) is 0 Å². The van der Waals surface area contributed by atoms with E-state index < -0.39 is 12.0 Å². The van der Waals surface area contributed by atoms with Crippen molar-refractivity contribution in [1.82, 2.24) is 19.8 Å². The molecular formula is C35H39F2N5O3. The average Bonchev–Trinajstić information content (AvgIpc) is 3.93. The third-order valence-electron chi connectivity index (χ3n) is 10.8. The maximum atomic E-state index is 16.2. The van der Waals surface area contributed by atoms with Crippen LogP contribution in [-0.2, 0) is 4.79 Å². The summed E-state index contributed by atoms with van der Waals surface area (Å²) in [6, 6.07) is 6.83. The first kappa shape index (κ1) is 28.7. The quantitative estimate of drug-likeness (QED) is 0.344. The molecule has 3 aliphatic heterocycles. The van der Waals surface area contributed by atoms with E-state index in [0.717, 1.165) is 56.2 Å². The Kier molecular flexibility index (Phi) is 6.61. The average molecular weight is 616 g/mol. The highest BCUT2D eigenvalue weighted by Crippen LogP contribution is 2.49. The first-order chi connectivity index (χ1) is 21.7. The minimum Gasteiger partial charge on any atom is -0.508 e. The summed E-state index contributed by atoms with van der Waals surface area (Å²) < 4.78 is 37.0. The normalized spacial score (nSPS) is 25.6. The molecule has 5 fully saturated rings. The maximum Gasteiger partial charge on any atom is 0.319 e. The number of carbonyl (C=O) groups excluding carboxylic acids is 1. The van der Waals surface area contributed by atoms with Crippen LogP contribution in [0.15, 0.2) is 36.9 Å². The number of aromatic nitrogens is 2. The van der Waals surface area contributed by atoms with E-state index in [1.54, 1.807) is 18.2 Å². The van der Waals surface area contributed by atoms with Gasteiger partial charge in [-0.25, -0.2) is 8.78 Å². The van der Waals surface area contributed by atoms with Crippen LogP contribution in [0.25, 0.3) is 22.0 Å². The standard InChI is InChI=1S/C35H39F2N5O3/c1-3-30(44)42-12-11-40(19-34(42)8-9-34)32-27-15-28(37)25(26-14-24(43)13-21(2)31(26)22-5-6-22)16-29(27)38-33(39-32)45-20-35-7-4-10-41(35)18-23(36)17-35/h3,13-16,22-23,43H,1,4-12,17-20H2,2H3/t23-,35+/m1/s1. The highest BCUT2D eigenvalue weighted by Gasteiger charge is 2.53. The Morgan fingerprint density at radius 2 is 1.96 bits per heavy atom. The van der Waals surface area contributed by atoms with E-state index in [9.17, 15) is 14.3 Å². The number of halogens is 2. The molecule has 45 heavy (non-hydrogen) atoms. The number of nitrogens with zero attached hydrogens (tertiary/aromatic N) is 5. The molecule has 8 rings (SSSR count). The summed E-state index contributed by atoms with van der Waals surface area (Å²) in [6.45, 7) is 8.83. The molecule has 1 spiro atoms. The number of hydrogen-bond acceptors (Lipinski definition) is 7. The van der Waals surface area contributed by atoms with Crippen LogP contribution < -0.4 is 9.64 Å². The van der Waals surface area contributed by atoms with Gasteiger partial charge in [-0.15, -0.1) is 0 Å². The van der Waals surface area contributed by atoms with Crippen molar-refractivity contribution in [2.75, 3.05) is 44.2 Å². The molecule has 3 aromatic rings. The molecule has 2 atom stereocenters. The number of piperazine rings is 1. The van der Waals surface area contributed by atoms with E-state index in [4.69, 9.17) is 14.7 Å². The molecule has 1 aromatic heterocycles. The molecule has 0 bridgehead atoms. The molecule has 2 aromatic carbocycles. The first-order valence-electron chi connectivity index (χ1n) is 16.2. The van der Waals surface area contributed by atoms with Gasteiger partial charge in [0.05, 0.1) is 16.6 Å². The fraction of sp³-hybridized carbons (Fsp3) is 0.514. The number of fused-ring (bicyclic) bond motifs is 2. The van der Waals surface area contributed by atoms with Gasteiger partial charge < -0.3 is 19.6 Å². The summed E-state index contributed by atoms with van der Waals surface area (Å²) >= 11 is 0. The zero-order valence-corrected chi connectivity index (χ0v) is 25.7. The topological polar surface area (TPSA) is 82.0 Å². The number of hydrogen-bond donors (Lipinski definition) is 1. The monoisotopic (exact) mass is 615 g/mol. The van der Waals surface area contributed by atoms with Gasteiger partial charge in [-0.2, -0.15) is 9.97 Å². The Bertz CT molecular complexity index is 1720. The number of ether oxygens (including phenoxy) is 1. The predicted octanol–water partition coefficient (Wildman–Crippen LogP) is 5.65. The summed E-state index contributed by atoms with van der Waals surface area (Å²) in [7, 11) is 0. The number of phenolic OH excluding ortho intramolecular Hbond substituents is 1. The van der Waals surface area contributed by atoms with Crippen LogP contribution >= 0.6 is 0 Å². The Labute approximate surface area is 261 Å². The molecule has 5 aliphatic rings. The minimum atomic E-state index is -0.872. The molecule has 10 heteroatoms. The largest absolute Gasteiger partial charge is 0.508 e. The highest BCUT2D eigenvalue weighted by molar-refractivity contribution is 5.94. The number of anilines is 1. The molecule has 1 amide bonds. The van der Waals surface area contributed by atoms with Crippen LogP contribution in [-0.4, -0.2) is 87.4 Å². The van der Waals surface area contributed by atoms with Gasteiger partial charge in [-0.1, -0.05) is 6.58 Å². The number of benzene rings is 2. The number of phenols is 1. The van der Waals surface area contributed by atoms with E-state index in [-0.39, 0.29) is 35.4 Å². The van der Waals surface area contributed by atoms with E-state index in [1.807, 2.05) is 11.8 Å². The van der Waals surface area contributed by atoms with Crippen LogP contribution in [0, 0.1) is 12.7 Å². The number of alkyl halides is 1. The van der Waals surface area contributed by atoms with Crippen LogP contribution in [0.2, 0.25) is 0 Å². The van der Waals surface area contributed by atoms with Gasteiger partial charge >= 0.3 is 6.01 Å². The lowest BCUT2D eigenvalue weighted by molar-refractivity contribution is -0.129. The molecule has 0 unspecified atom stereocenters. The SMILES string of the molecule is C=CC(=O)N1CCN(c2nc(OC[C@@]34CCCN3C[C@H](F)C4)nc3cc(-c4cc(O)cc(C)c4C4CC4)c(F)cc23)CC12CC2. The Morgan fingerprint density at radius 1 is 1.13 bits per heavy atom. The van der Waals surface area contributed by atoms with Crippen molar-refractivity contribution < 1.29 is 23.4 Å². The number of carbonyl (C=O) groups is 1. The second kappa shape index (κ2) is 10.4. The third kappa shape index (κ3) is 4.83. The van der Waals surface area contributed by atoms with Gasteiger partial charge in [0.2, 0.25) is 5.91 Å². The minimum absolute atomic E-state index is 0.0737. The summed E-state index contributed by atoms with van der Waals surface area (Å²) in [5.74, 6) is 0.538. The van der Waals surface area contributed by atoms with E-state index >= 15 is 4.39 Å². The molecule has 8 nitrogen and oxygen atoms in total. The van der Waals surface area contributed by atoms with E-state index in [1.165, 1.54) is 12.1 Å². The summed E-state index contributed by atoms with van der Waals surface area (Å²) in [6.07, 6.45) is 6.66. The fourth-order valence-corrected chi connectivity index (χ4v) is 8.37. The molecule has 2 aliphatic carbocycles. The lowest BCUT2D eigenvalue weighted by Crippen LogP contribution is -2.57. The van der Waals surface area contributed by atoms with Gasteiger partial charge in [0.15, 0.2) is 0 Å². The van der Waals surface area contributed by atoms with Gasteiger partial charge in [-0.05, 0) is 105 Å². The van der Waals surface area contributed by atoms with E-state index in [0.29, 0.717) is 66.4 Å².